The van der Waals surface area contributed by atoms with Crippen molar-refractivity contribution < 1.29 is 9.84 Å². The molecule has 2 aliphatic rings. The van der Waals surface area contributed by atoms with E-state index in [-0.39, 0.29) is 11.7 Å². The van der Waals surface area contributed by atoms with E-state index in [0.29, 0.717) is 0 Å². The van der Waals surface area contributed by atoms with Gasteiger partial charge in [0.15, 0.2) is 0 Å². The fraction of sp³-hybridized carbons (Fsp3) is 1.00. The molecule has 0 aromatic carbocycles. The minimum Gasteiger partial charge on any atom is -0.387 e. The molecule has 64 valence electrons. The van der Waals surface area contributed by atoms with Crippen molar-refractivity contribution in [3.05, 3.63) is 0 Å². The molecule has 1 N–H and O–H groups in total. The quantitative estimate of drug-likeness (QED) is 0.583. The van der Waals surface area contributed by atoms with Crippen LogP contribution in [0, 0.1) is 0 Å². The third-order valence-corrected chi connectivity index (χ3v) is 3.49. The van der Waals surface area contributed by atoms with Gasteiger partial charge in [0, 0.05) is 0 Å². The molecule has 2 rings (SSSR count). The molecule has 2 fully saturated rings. The maximum atomic E-state index is 10.1. The summed E-state index contributed by atoms with van der Waals surface area (Å²) in [5.74, 6) is 0. The van der Waals surface area contributed by atoms with Crippen LogP contribution in [0.5, 0.6) is 0 Å². The highest BCUT2D eigenvalue weighted by atomic mass is 16.6. The molecule has 1 saturated carbocycles. The summed E-state index contributed by atoms with van der Waals surface area (Å²) < 4.78 is 5.44. The van der Waals surface area contributed by atoms with Crippen molar-refractivity contribution in [3.8, 4) is 0 Å². The number of ether oxygens (including phenoxy) is 1. The molecule has 1 heterocycles. The summed E-state index contributed by atoms with van der Waals surface area (Å²) in [6.07, 6.45) is 4.41. The highest BCUT2D eigenvalue weighted by Gasteiger charge is 2.63. The van der Waals surface area contributed by atoms with Gasteiger partial charge in [-0.1, -0.05) is 12.8 Å². The molecule has 0 amide bonds. The Kier molecular flexibility index (Phi) is 1.37. The number of aliphatic hydroxyl groups is 1. The van der Waals surface area contributed by atoms with Crippen LogP contribution in [0.4, 0.5) is 0 Å². The first-order valence-corrected chi connectivity index (χ1v) is 4.49. The van der Waals surface area contributed by atoms with E-state index in [0.717, 1.165) is 25.7 Å². The van der Waals surface area contributed by atoms with Gasteiger partial charge in [-0.15, -0.1) is 0 Å². The van der Waals surface area contributed by atoms with Crippen molar-refractivity contribution in [2.24, 2.45) is 0 Å². The van der Waals surface area contributed by atoms with Crippen molar-refractivity contribution in [1.82, 2.24) is 0 Å². The average Bonchev–Trinajstić information content (AvgIpc) is 2.46. The molecule has 0 radical (unpaired) electrons. The molecular weight excluding hydrogens is 140 g/mol. The predicted molar refractivity (Wildman–Crippen MR) is 42.4 cm³/mol. The summed E-state index contributed by atoms with van der Waals surface area (Å²) in [4.78, 5) is 0. The van der Waals surface area contributed by atoms with Crippen LogP contribution in [0.25, 0.3) is 0 Å². The zero-order chi connectivity index (χ0) is 8.11. The molecule has 0 spiro atoms. The topological polar surface area (TPSA) is 32.8 Å². The summed E-state index contributed by atoms with van der Waals surface area (Å²) in [7, 11) is 0. The molecule has 11 heavy (non-hydrogen) atoms. The molecule has 1 aliphatic heterocycles. The van der Waals surface area contributed by atoms with Crippen molar-refractivity contribution in [1.29, 1.82) is 0 Å². The van der Waals surface area contributed by atoms with Gasteiger partial charge in [0.05, 0.1) is 11.7 Å². The van der Waals surface area contributed by atoms with Gasteiger partial charge in [-0.25, -0.2) is 0 Å². The molecule has 0 bridgehead atoms. The molecule has 1 aliphatic carbocycles. The zero-order valence-electron chi connectivity index (χ0n) is 7.26. The maximum Gasteiger partial charge on any atom is 0.120 e. The highest BCUT2D eigenvalue weighted by Crippen LogP contribution is 2.51. The van der Waals surface area contributed by atoms with E-state index in [9.17, 15) is 5.11 Å². The number of hydrogen-bond donors (Lipinski definition) is 1. The first-order valence-electron chi connectivity index (χ1n) is 4.49. The Balaban J connectivity index is 2.14. The first-order chi connectivity index (χ1) is 5.08. The first kappa shape index (κ1) is 7.56. The Morgan fingerprint density at radius 3 is 2.18 bits per heavy atom. The molecular formula is C9H16O2. The lowest BCUT2D eigenvalue weighted by Crippen LogP contribution is -2.41. The average molecular weight is 156 g/mol. The Morgan fingerprint density at radius 2 is 1.82 bits per heavy atom. The van der Waals surface area contributed by atoms with Gasteiger partial charge in [0.1, 0.15) is 5.60 Å². The Hall–Kier alpha value is -0.0800. The fourth-order valence-corrected chi connectivity index (χ4v) is 2.28. The normalized spacial score (nSPS) is 47.7. The lowest BCUT2D eigenvalue weighted by Gasteiger charge is -2.27. The van der Waals surface area contributed by atoms with Crippen LogP contribution >= 0.6 is 0 Å². The van der Waals surface area contributed by atoms with E-state index in [2.05, 4.69) is 0 Å². The lowest BCUT2D eigenvalue weighted by molar-refractivity contribution is -0.0244. The molecule has 0 aromatic rings. The van der Waals surface area contributed by atoms with E-state index >= 15 is 0 Å². The largest absolute Gasteiger partial charge is 0.387 e. The molecule has 2 atom stereocenters. The van der Waals surface area contributed by atoms with Crippen LogP contribution in [0.2, 0.25) is 0 Å². The van der Waals surface area contributed by atoms with Gasteiger partial charge in [0.2, 0.25) is 0 Å². The van der Waals surface area contributed by atoms with Crippen LogP contribution in [0.15, 0.2) is 0 Å². The van der Waals surface area contributed by atoms with Crippen LogP contribution in [0.3, 0.4) is 0 Å². The van der Waals surface area contributed by atoms with E-state index in [4.69, 9.17) is 4.74 Å². The Bertz CT molecular complexity index is 172. The minimum absolute atomic E-state index is 0.219. The Labute approximate surface area is 67.6 Å². The second-order valence-corrected chi connectivity index (χ2v) is 4.11. The monoisotopic (exact) mass is 156 g/mol. The summed E-state index contributed by atoms with van der Waals surface area (Å²) in [6.45, 7) is 4.07. The maximum absolute atomic E-state index is 10.1. The second kappa shape index (κ2) is 1.99. The molecule has 1 saturated heterocycles. The third-order valence-electron chi connectivity index (χ3n) is 3.49. The van der Waals surface area contributed by atoms with E-state index in [1.165, 1.54) is 0 Å². The van der Waals surface area contributed by atoms with E-state index in [1.807, 2.05) is 13.8 Å². The number of epoxide rings is 1. The molecule has 0 aromatic heterocycles. The van der Waals surface area contributed by atoms with Gasteiger partial charge in [-0.05, 0) is 26.7 Å². The minimum atomic E-state index is -0.508. The third kappa shape index (κ3) is 0.859. The van der Waals surface area contributed by atoms with Crippen molar-refractivity contribution in [2.45, 2.75) is 56.8 Å². The zero-order valence-corrected chi connectivity index (χ0v) is 7.26. The lowest BCUT2D eigenvalue weighted by atomic mass is 9.85. The molecule has 2 nitrogen and oxygen atoms in total. The predicted octanol–water partition coefficient (Wildman–Crippen LogP) is 1.47. The summed E-state index contributed by atoms with van der Waals surface area (Å²) in [5.41, 5.74) is -0.726. The van der Waals surface area contributed by atoms with Crippen molar-refractivity contribution in [2.75, 3.05) is 0 Å². The van der Waals surface area contributed by atoms with Crippen LogP contribution in [-0.4, -0.2) is 22.4 Å². The fourth-order valence-electron chi connectivity index (χ4n) is 2.28. The van der Waals surface area contributed by atoms with Gasteiger partial charge >= 0.3 is 0 Å². The van der Waals surface area contributed by atoms with Gasteiger partial charge in [-0.3, -0.25) is 0 Å². The smallest absolute Gasteiger partial charge is 0.120 e. The van der Waals surface area contributed by atoms with Crippen LogP contribution in [0.1, 0.15) is 39.5 Å². The second-order valence-electron chi connectivity index (χ2n) is 4.11. The van der Waals surface area contributed by atoms with Crippen LogP contribution < -0.4 is 0 Å². The van der Waals surface area contributed by atoms with E-state index in [1.54, 1.807) is 0 Å². The van der Waals surface area contributed by atoms with Crippen LogP contribution in [-0.2, 0) is 4.74 Å². The SMILES string of the molecule is C[C@H]1O[C@@]1(C)C1(O)CCCC1. The molecule has 0 unspecified atom stereocenters. The summed E-state index contributed by atoms with van der Waals surface area (Å²) >= 11 is 0. The standard InChI is InChI=1S/C9H16O2/c1-7-8(2,11-7)9(10)5-3-4-6-9/h7,10H,3-6H2,1-2H3/t7-,8-/m1/s1. The highest BCUT2D eigenvalue weighted by molar-refractivity contribution is 5.12. The van der Waals surface area contributed by atoms with Crippen molar-refractivity contribution in [3.63, 3.8) is 0 Å². The van der Waals surface area contributed by atoms with Gasteiger partial charge in [-0.2, -0.15) is 0 Å². The number of hydrogen-bond acceptors (Lipinski definition) is 2. The van der Waals surface area contributed by atoms with Gasteiger partial charge < -0.3 is 9.84 Å². The number of rotatable bonds is 1. The van der Waals surface area contributed by atoms with E-state index < -0.39 is 5.60 Å². The summed E-state index contributed by atoms with van der Waals surface area (Å²) in [6, 6.07) is 0. The van der Waals surface area contributed by atoms with Crippen molar-refractivity contribution >= 4 is 0 Å². The summed E-state index contributed by atoms with van der Waals surface area (Å²) in [5, 5.41) is 10.1. The molecule has 2 heteroatoms. The van der Waals surface area contributed by atoms with Gasteiger partial charge in [0.25, 0.3) is 0 Å². The Morgan fingerprint density at radius 1 is 1.36 bits per heavy atom.